The zero-order valence-corrected chi connectivity index (χ0v) is 15.1. The number of nitrogens with one attached hydrogen (secondary N) is 2. The van der Waals surface area contributed by atoms with Crippen molar-refractivity contribution in [1.29, 1.82) is 0 Å². The summed E-state index contributed by atoms with van der Waals surface area (Å²) in [5, 5.41) is 6.30. The van der Waals surface area contributed by atoms with Gasteiger partial charge in [0.25, 0.3) is 0 Å². The maximum absolute atomic E-state index is 11.7. The topological polar surface area (TPSA) is 59.6 Å². The highest BCUT2D eigenvalue weighted by atomic mass is 16.6. The lowest BCUT2D eigenvalue weighted by Crippen LogP contribution is -2.39. The van der Waals surface area contributed by atoms with E-state index in [1.54, 1.807) is 7.11 Å². The third-order valence-electron chi connectivity index (χ3n) is 3.40. The SMILES string of the molecule is COc1ccccc1C(C)NCCC(C)NC(=O)OC(C)(C)C. The number of carbonyl (C=O) groups is 1. The van der Waals surface area contributed by atoms with Gasteiger partial charge in [-0.05, 0) is 53.7 Å². The van der Waals surface area contributed by atoms with Gasteiger partial charge >= 0.3 is 6.09 Å². The van der Waals surface area contributed by atoms with Crippen molar-refractivity contribution < 1.29 is 14.3 Å². The Morgan fingerprint density at radius 3 is 2.48 bits per heavy atom. The van der Waals surface area contributed by atoms with Gasteiger partial charge in [0.1, 0.15) is 11.4 Å². The van der Waals surface area contributed by atoms with E-state index in [0.717, 1.165) is 24.3 Å². The molecule has 5 nitrogen and oxygen atoms in total. The lowest BCUT2D eigenvalue weighted by molar-refractivity contribution is 0.0506. The summed E-state index contributed by atoms with van der Waals surface area (Å²) in [5.41, 5.74) is 0.656. The van der Waals surface area contributed by atoms with Gasteiger partial charge in [-0.15, -0.1) is 0 Å². The first-order valence-corrected chi connectivity index (χ1v) is 8.08. The summed E-state index contributed by atoms with van der Waals surface area (Å²) in [5.74, 6) is 0.882. The van der Waals surface area contributed by atoms with Crippen LogP contribution in [0.4, 0.5) is 4.79 Å². The number of carbonyl (C=O) groups excluding carboxylic acids is 1. The Bertz CT molecular complexity index is 497. The first kappa shape index (κ1) is 19.3. The molecule has 23 heavy (non-hydrogen) atoms. The first-order valence-electron chi connectivity index (χ1n) is 8.08. The van der Waals surface area contributed by atoms with Gasteiger partial charge in [0, 0.05) is 17.6 Å². The van der Waals surface area contributed by atoms with Gasteiger partial charge < -0.3 is 20.1 Å². The number of amides is 1. The summed E-state index contributed by atoms with van der Waals surface area (Å²) >= 11 is 0. The maximum atomic E-state index is 11.7. The van der Waals surface area contributed by atoms with Crippen molar-refractivity contribution in [3.05, 3.63) is 29.8 Å². The second-order valence-corrected chi connectivity index (χ2v) is 6.75. The molecule has 0 spiro atoms. The Morgan fingerprint density at radius 1 is 1.22 bits per heavy atom. The van der Waals surface area contributed by atoms with Crippen LogP contribution in [0.15, 0.2) is 24.3 Å². The van der Waals surface area contributed by atoms with Crippen molar-refractivity contribution in [3.63, 3.8) is 0 Å². The minimum atomic E-state index is -0.472. The molecule has 1 aromatic rings. The molecule has 130 valence electrons. The van der Waals surface area contributed by atoms with E-state index in [0.29, 0.717) is 0 Å². The maximum Gasteiger partial charge on any atom is 0.407 e. The van der Waals surface area contributed by atoms with Gasteiger partial charge in [-0.25, -0.2) is 4.79 Å². The Balaban J connectivity index is 2.37. The number of para-hydroxylation sites is 1. The zero-order valence-electron chi connectivity index (χ0n) is 15.1. The molecule has 0 aliphatic heterocycles. The van der Waals surface area contributed by atoms with Crippen molar-refractivity contribution in [1.82, 2.24) is 10.6 Å². The molecular weight excluding hydrogens is 292 g/mol. The lowest BCUT2D eigenvalue weighted by atomic mass is 10.1. The monoisotopic (exact) mass is 322 g/mol. The van der Waals surface area contributed by atoms with E-state index in [1.165, 1.54) is 0 Å². The van der Waals surface area contributed by atoms with Crippen LogP contribution >= 0.6 is 0 Å². The van der Waals surface area contributed by atoms with E-state index in [2.05, 4.69) is 23.6 Å². The molecule has 2 unspecified atom stereocenters. The molecule has 0 aliphatic carbocycles. The van der Waals surface area contributed by atoms with Gasteiger partial charge in [-0.3, -0.25) is 0 Å². The van der Waals surface area contributed by atoms with Crippen LogP contribution in [0.3, 0.4) is 0 Å². The fourth-order valence-corrected chi connectivity index (χ4v) is 2.23. The normalized spacial score (nSPS) is 14.0. The third-order valence-corrected chi connectivity index (χ3v) is 3.40. The standard InChI is InChI=1S/C18H30N2O3/c1-13(20-17(21)23-18(3,4)5)11-12-19-14(2)15-9-7-8-10-16(15)22-6/h7-10,13-14,19H,11-12H2,1-6H3,(H,20,21). The molecule has 2 atom stereocenters. The molecule has 1 aromatic carbocycles. The third kappa shape index (κ3) is 7.37. The van der Waals surface area contributed by atoms with Gasteiger partial charge in [0.05, 0.1) is 7.11 Å². The fourth-order valence-electron chi connectivity index (χ4n) is 2.23. The average molecular weight is 322 g/mol. The molecule has 1 rings (SSSR count). The van der Waals surface area contributed by atoms with Gasteiger partial charge in [0.15, 0.2) is 0 Å². The summed E-state index contributed by atoms with van der Waals surface area (Å²) < 4.78 is 10.6. The van der Waals surface area contributed by atoms with E-state index >= 15 is 0 Å². The van der Waals surface area contributed by atoms with Crippen molar-refractivity contribution in [2.45, 2.75) is 58.7 Å². The molecule has 0 fully saturated rings. The minimum absolute atomic E-state index is 0.0437. The smallest absolute Gasteiger partial charge is 0.407 e. The Labute approximate surface area is 139 Å². The molecule has 0 radical (unpaired) electrons. The summed E-state index contributed by atoms with van der Waals surface area (Å²) in [6, 6.07) is 8.20. The zero-order chi connectivity index (χ0) is 17.5. The molecule has 0 bridgehead atoms. The van der Waals surface area contributed by atoms with E-state index in [-0.39, 0.29) is 18.2 Å². The molecule has 0 heterocycles. The molecule has 2 N–H and O–H groups in total. The van der Waals surface area contributed by atoms with E-state index in [4.69, 9.17) is 9.47 Å². The molecule has 0 saturated heterocycles. The molecule has 1 amide bonds. The van der Waals surface area contributed by atoms with Crippen molar-refractivity contribution >= 4 is 6.09 Å². The van der Waals surface area contributed by atoms with Crippen LogP contribution in [0.25, 0.3) is 0 Å². The second kappa shape index (κ2) is 8.77. The average Bonchev–Trinajstić information content (AvgIpc) is 2.44. The Morgan fingerprint density at radius 2 is 1.87 bits per heavy atom. The Kier molecular flexibility index (Phi) is 7.36. The molecular formula is C18H30N2O3. The van der Waals surface area contributed by atoms with E-state index in [9.17, 15) is 4.79 Å². The van der Waals surface area contributed by atoms with E-state index in [1.807, 2.05) is 45.9 Å². The number of ether oxygens (including phenoxy) is 2. The van der Waals surface area contributed by atoms with Crippen molar-refractivity contribution in [2.24, 2.45) is 0 Å². The quantitative estimate of drug-likeness (QED) is 0.804. The van der Waals surface area contributed by atoms with Crippen LogP contribution in [0.1, 0.15) is 52.6 Å². The molecule has 0 aliphatic rings. The number of methoxy groups -OCH3 is 1. The summed E-state index contributed by atoms with van der Waals surface area (Å²) in [7, 11) is 1.68. The number of benzene rings is 1. The summed E-state index contributed by atoms with van der Waals surface area (Å²) in [6.07, 6.45) is 0.446. The first-order chi connectivity index (χ1) is 10.7. The largest absolute Gasteiger partial charge is 0.496 e. The van der Waals surface area contributed by atoms with E-state index < -0.39 is 5.60 Å². The van der Waals surface area contributed by atoms with Crippen LogP contribution in [-0.2, 0) is 4.74 Å². The molecule has 0 saturated carbocycles. The van der Waals surface area contributed by atoms with Crippen LogP contribution in [0.2, 0.25) is 0 Å². The van der Waals surface area contributed by atoms with Crippen molar-refractivity contribution in [3.8, 4) is 5.75 Å². The highest BCUT2D eigenvalue weighted by Crippen LogP contribution is 2.24. The fraction of sp³-hybridized carbons (Fsp3) is 0.611. The minimum Gasteiger partial charge on any atom is -0.496 e. The predicted molar refractivity (Wildman–Crippen MR) is 92.9 cm³/mol. The highest BCUT2D eigenvalue weighted by molar-refractivity contribution is 5.68. The Hall–Kier alpha value is -1.75. The van der Waals surface area contributed by atoms with Crippen LogP contribution in [0, 0.1) is 0 Å². The highest BCUT2D eigenvalue weighted by Gasteiger charge is 2.17. The number of hydrogen-bond donors (Lipinski definition) is 2. The van der Waals surface area contributed by atoms with Crippen LogP contribution < -0.4 is 15.4 Å². The second-order valence-electron chi connectivity index (χ2n) is 6.75. The van der Waals surface area contributed by atoms with Gasteiger partial charge in [-0.1, -0.05) is 18.2 Å². The molecule has 0 aromatic heterocycles. The van der Waals surface area contributed by atoms with Crippen molar-refractivity contribution in [2.75, 3.05) is 13.7 Å². The van der Waals surface area contributed by atoms with Crippen LogP contribution in [0.5, 0.6) is 5.75 Å². The summed E-state index contributed by atoms with van der Waals surface area (Å²) in [6.45, 7) is 10.4. The molecule has 5 heteroatoms. The van der Waals surface area contributed by atoms with Gasteiger partial charge in [-0.2, -0.15) is 0 Å². The predicted octanol–water partition coefficient (Wildman–Crippen LogP) is 3.65. The van der Waals surface area contributed by atoms with Crippen LogP contribution in [-0.4, -0.2) is 31.4 Å². The van der Waals surface area contributed by atoms with Gasteiger partial charge in [0.2, 0.25) is 0 Å². The number of hydrogen-bond acceptors (Lipinski definition) is 4. The lowest BCUT2D eigenvalue weighted by Gasteiger charge is -2.22. The number of rotatable bonds is 7. The summed E-state index contributed by atoms with van der Waals surface area (Å²) in [4.78, 5) is 11.7. The number of alkyl carbamates (subject to hydrolysis) is 1.